The minimum absolute atomic E-state index is 0.0373. The fraction of sp³-hybridized carbons (Fsp3) is 0.200. The molecule has 0 bridgehead atoms. The molecule has 2 aromatic carbocycles. The van der Waals surface area contributed by atoms with Crippen LogP contribution in [0.4, 0.5) is 5.69 Å². The molecule has 0 radical (unpaired) electrons. The number of nitrogens with zero attached hydrogens (tertiary/aromatic N) is 1. The van der Waals surface area contributed by atoms with Crippen LogP contribution in [0.3, 0.4) is 0 Å². The Morgan fingerprint density at radius 2 is 1.59 bits per heavy atom. The molecule has 7 heteroatoms. The number of carbonyl (C=O) groups excluding carboxylic acids is 2. The zero-order chi connectivity index (χ0) is 19.4. The number of hydroxylamine groups is 1. The van der Waals surface area contributed by atoms with Crippen LogP contribution in [0.1, 0.15) is 27.9 Å². The Morgan fingerprint density at radius 1 is 1.04 bits per heavy atom. The molecule has 0 aliphatic carbocycles. The van der Waals surface area contributed by atoms with Crippen molar-refractivity contribution in [2.45, 2.75) is 18.6 Å². The Morgan fingerprint density at radius 3 is 2.15 bits per heavy atom. The maximum atomic E-state index is 12.7. The van der Waals surface area contributed by atoms with Gasteiger partial charge >= 0.3 is 0 Å². The highest BCUT2D eigenvalue weighted by atomic mass is 16.5. The maximum Gasteiger partial charge on any atom is 0.266 e. The summed E-state index contributed by atoms with van der Waals surface area (Å²) >= 11 is 0. The van der Waals surface area contributed by atoms with Crippen LogP contribution >= 0.6 is 0 Å². The lowest BCUT2D eigenvalue weighted by molar-refractivity contribution is -0.133. The van der Waals surface area contributed by atoms with E-state index in [4.69, 9.17) is 10.9 Å². The number of nitrogens with one attached hydrogen (secondary N) is 1. The van der Waals surface area contributed by atoms with E-state index in [2.05, 4.69) is 11.8 Å². The largest absolute Gasteiger partial charge is 0.399 e. The van der Waals surface area contributed by atoms with Crippen molar-refractivity contribution in [3.63, 3.8) is 0 Å². The molecule has 1 saturated heterocycles. The third-order valence-electron chi connectivity index (χ3n) is 4.35. The summed E-state index contributed by atoms with van der Waals surface area (Å²) in [6.07, 6.45) is -0.718. The van der Waals surface area contributed by atoms with Gasteiger partial charge in [-0.2, -0.15) is 0 Å². The first-order valence-electron chi connectivity index (χ1n) is 8.38. The molecule has 27 heavy (non-hydrogen) atoms. The number of aliphatic hydroxyl groups excluding tert-OH is 1. The van der Waals surface area contributed by atoms with Gasteiger partial charge in [0.1, 0.15) is 6.04 Å². The monoisotopic (exact) mass is 365 g/mol. The van der Waals surface area contributed by atoms with Crippen LogP contribution in [0, 0.1) is 11.8 Å². The van der Waals surface area contributed by atoms with E-state index in [0.29, 0.717) is 11.3 Å². The van der Waals surface area contributed by atoms with E-state index in [-0.39, 0.29) is 13.0 Å². The van der Waals surface area contributed by atoms with Crippen molar-refractivity contribution in [1.82, 2.24) is 10.4 Å². The van der Waals surface area contributed by atoms with E-state index in [1.54, 1.807) is 36.4 Å². The Hall–Kier alpha value is -3.34. The van der Waals surface area contributed by atoms with Crippen molar-refractivity contribution in [3.05, 3.63) is 65.2 Å². The molecule has 1 fully saturated rings. The Bertz CT molecular complexity index is 898. The fourth-order valence-electron chi connectivity index (χ4n) is 2.93. The third kappa shape index (κ3) is 4.26. The van der Waals surface area contributed by atoms with Gasteiger partial charge in [0.15, 0.2) is 0 Å². The number of aliphatic hydroxyl groups is 1. The number of β-amino-alcohol motifs (C(OH)–C–C–N with tert-alkyl or cyclic N) is 1. The van der Waals surface area contributed by atoms with Gasteiger partial charge in [0.05, 0.1) is 6.10 Å². The van der Waals surface area contributed by atoms with E-state index in [0.717, 1.165) is 11.1 Å². The number of benzene rings is 2. The molecule has 1 heterocycles. The summed E-state index contributed by atoms with van der Waals surface area (Å²) in [5.74, 6) is 4.91. The number of likely N-dealkylation sites (tertiary alicyclic amines) is 1. The lowest BCUT2D eigenvalue weighted by Crippen LogP contribution is -2.45. The molecule has 0 spiro atoms. The van der Waals surface area contributed by atoms with E-state index in [1.165, 1.54) is 10.4 Å². The summed E-state index contributed by atoms with van der Waals surface area (Å²) in [6.45, 7) is 0.0373. The van der Waals surface area contributed by atoms with Gasteiger partial charge in [-0.25, -0.2) is 5.48 Å². The van der Waals surface area contributed by atoms with Crippen LogP contribution in [0.15, 0.2) is 48.5 Å². The van der Waals surface area contributed by atoms with E-state index < -0.39 is 24.0 Å². The lowest BCUT2D eigenvalue weighted by atomic mass is 10.1. The van der Waals surface area contributed by atoms with Crippen molar-refractivity contribution >= 4 is 17.5 Å². The first-order valence-corrected chi connectivity index (χ1v) is 8.38. The quantitative estimate of drug-likeness (QED) is 0.271. The molecule has 0 saturated carbocycles. The molecule has 5 N–H and O–H groups in total. The topological polar surface area (TPSA) is 116 Å². The standard InChI is InChI=1S/C20H19N3O4/c21-16-9-5-14(6-10-16)2-1-13-3-7-15(8-4-13)20(26)23-12-17(24)11-18(23)19(25)22-27/h3-10,17-18,24,27H,11-12,21H2,(H,22,25)/t17-,18-/m0/s1. The van der Waals surface area contributed by atoms with Gasteiger partial charge in [0.2, 0.25) is 0 Å². The van der Waals surface area contributed by atoms with Gasteiger partial charge in [-0.3, -0.25) is 14.8 Å². The molecule has 138 valence electrons. The van der Waals surface area contributed by atoms with Crippen molar-refractivity contribution in [2.75, 3.05) is 12.3 Å². The second kappa shape index (κ2) is 7.91. The number of rotatable bonds is 2. The molecular formula is C20H19N3O4. The van der Waals surface area contributed by atoms with Gasteiger partial charge in [-0.15, -0.1) is 0 Å². The number of anilines is 1. The Kier molecular flexibility index (Phi) is 5.41. The summed E-state index contributed by atoms with van der Waals surface area (Å²) in [6, 6.07) is 13.0. The average molecular weight is 365 g/mol. The average Bonchev–Trinajstić information content (AvgIpc) is 3.08. The maximum absolute atomic E-state index is 12.7. The van der Waals surface area contributed by atoms with Crippen LogP contribution in [0.2, 0.25) is 0 Å². The zero-order valence-electron chi connectivity index (χ0n) is 14.4. The molecule has 3 rings (SSSR count). The molecule has 1 aliphatic heterocycles. The van der Waals surface area contributed by atoms with Gasteiger partial charge in [0.25, 0.3) is 11.8 Å². The summed E-state index contributed by atoms with van der Waals surface area (Å²) in [7, 11) is 0. The minimum atomic E-state index is -0.900. The normalized spacial score (nSPS) is 18.5. The molecule has 2 atom stereocenters. The first-order chi connectivity index (χ1) is 13.0. The second-order valence-corrected chi connectivity index (χ2v) is 6.29. The van der Waals surface area contributed by atoms with E-state index in [9.17, 15) is 14.7 Å². The minimum Gasteiger partial charge on any atom is -0.399 e. The molecule has 2 aromatic rings. The predicted octanol–water partition coefficient (Wildman–Crippen LogP) is 0.749. The van der Waals surface area contributed by atoms with Gasteiger partial charge in [0, 0.05) is 35.3 Å². The highest BCUT2D eigenvalue weighted by Gasteiger charge is 2.39. The van der Waals surface area contributed by atoms with Crippen LogP contribution in [0.25, 0.3) is 0 Å². The van der Waals surface area contributed by atoms with Crippen LogP contribution in [-0.4, -0.2) is 45.7 Å². The summed E-state index contributed by atoms with van der Waals surface area (Å²) in [4.78, 5) is 25.6. The van der Waals surface area contributed by atoms with Crippen LogP contribution in [0.5, 0.6) is 0 Å². The summed E-state index contributed by atoms with van der Waals surface area (Å²) in [5, 5.41) is 18.6. The Labute approximate surface area is 156 Å². The lowest BCUT2D eigenvalue weighted by Gasteiger charge is -2.22. The number of nitrogen functional groups attached to an aromatic ring is 1. The number of hydrogen-bond donors (Lipinski definition) is 4. The van der Waals surface area contributed by atoms with Crippen molar-refractivity contribution in [1.29, 1.82) is 0 Å². The highest BCUT2D eigenvalue weighted by molar-refractivity contribution is 5.98. The molecule has 7 nitrogen and oxygen atoms in total. The highest BCUT2D eigenvalue weighted by Crippen LogP contribution is 2.21. The van der Waals surface area contributed by atoms with Crippen LogP contribution in [-0.2, 0) is 4.79 Å². The number of nitrogens with two attached hydrogens (primary N) is 1. The number of hydrogen-bond acceptors (Lipinski definition) is 5. The molecule has 0 unspecified atom stereocenters. The summed E-state index contributed by atoms with van der Waals surface area (Å²) < 4.78 is 0. The van der Waals surface area contributed by atoms with Crippen molar-refractivity contribution in [2.24, 2.45) is 0 Å². The van der Waals surface area contributed by atoms with Crippen LogP contribution < -0.4 is 11.2 Å². The smallest absolute Gasteiger partial charge is 0.266 e. The number of carbonyl (C=O) groups is 2. The Balaban J connectivity index is 1.74. The number of amides is 2. The third-order valence-corrected chi connectivity index (χ3v) is 4.35. The van der Waals surface area contributed by atoms with Gasteiger partial charge in [-0.05, 0) is 48.5 Å². The van der Waals surface area contributed by atoms with E-state index in [1.807, 2.05) is 12.1 Å². The molecule has 1 aliphatic rings. The molecule has 2 amide bonds. The molecular weight excluding hydrogens is 346 g/mol. The van der Waals surface area contributed by atoms with E-state index >= 15 is 0 Å². The second-order valence-electron chi connectivity index (χ2n) is 6.29. The van der Waals surface area contributed by atoms with Gasteiger partial charge < -0.3 is 15.7 Å². The first kappa shape index (κ1) is 18.5. The van der Waals surface area contributed by atoms with Crippen molar-refractivity contribution in [3.8, 4) is 11.8 Å². The fourth-order valence-corrected chi connectivity index (χ4v) is 2.93. The van der Waals surface area contributed by atoms with Crippen molar-refractivity contribution < 1.29 is 19.9 Å². The van der Waals surface area contributed by atoms with Gasteiger partial charge in [-0.1, -0.05) is 11.8 Å². The predicted molar refractivity (Wildman–Crippen MR) is 98.7 cm³/mol. The summed E-state index contributed by atoms with van der Waals surface area (Å²) in [5.41, 5.74) is 9.78. The molecule has 0 aromatic heterocycles. The zero-order valence-corrected chi connectivity index (χ0v) is 14.4. The SMILES string of the molecule is Nc1ccc(C#Cc2ccc(C(=O)N3C[C@@H](O)C[C@H]3C(=O)NO)cc2)cc1.